The van der Waals surface area contributed by atoms with E-state index in [1.54, 1.807) is 12.1 Å². The van der Waals surface area contributed by atoms with Gasteiger partial charge in [0.1, 0.15) is 5.01 Å². The van der Waals surface area contributed by atoms with Crippen molar-refractivity contribution in [3.8, 4) is 17.3 Å². The van der Waals surface area contributed by atoms with E-state index < -0.39 is 5.92 Å². The van der Waals surface area contributed by atoms with Gasteiger partial charge in [-0.3, -0.25) is 9.59 Å². The highest BCUT2D eigenvalue weighted by atomic mass is 35.5. The molecule has 1 aromatic carbocycles. The Bertz CT molecular complexity index is 749. The van der Waals surface area contributed by atoms with E-state index in [0.717, 1.165) is 5.56 Å². The van der Waals surface area contributed by atoms with Crippen molar-refractivity contribution in [3.05, 3.63) is 39.7 Å². The Labute approximate surface area is 142 Å². The molecule has 0 radical (unpaired) electrons. The second-order valence-corrected chi connectivity index (χ2v) is 6.17. The van der Waals surface area contributed by atoms with Gasteiger partial charge >= 0.3 is 0 Å². The lowest BCUT2D eigenvalue weighted by Crippen LogP contribution is -2.24. The molecule has 1 N–H and O–H groups in total. The number of hydrogen-bond donors (Lipinski definition) is 1. The van der Waals surface area contributed by atoms with Gasteiger partial charge in [-0.05, 0) is 12.1 Å². The summed E-state index contributed by atoms with van der Waals surface area (Å²) in [6.07, 6.45) is 0.105. The van der Waals surface area contributed by atoms with E-state index in [2.05, 4.69) is 10.3 Å². The molecular formula is C16H14ClN3O2S. The first-order valence-electron chi connectivity index (χ1n) is 6.89. The number of carbonyl (C=O) groups is 2. The number of nitriles is 1. The van der Waals surface area contributed by atoms with Gasteiger partial charge in [-0.1, -0.05) is 23.7 Å². The maximum Gasteiger partial charge on any atom is 0.216 e. The van der Waals surface area contributed by atoms with Gasteiger partial charge in [0.2, 0.25) is 5.91 Å². The Hall–Kier alpha value is -2.23. The fourth-order valence-electron chi connectivity index (χ4n) is 1.94. The van der Waals surface area contributed by atoms with Crippen LogP contribution in [0.5, 0.6) is 0 Å². The summed E-state index contributed by atoms with van der Waals surface area (Å²) in [5.41, 5.74) is 1.58. The maximum atomic E-state index is 12.1. The Morgan fingerprint density at radius 3 is 2.70 bits per heavy atom. The van der Waals surface area contributed by atoms with Crippen LogP contribution in [-0.4, -0.2) is 23.2 Å². The lowest BCUT2D eigenvalue weighted by atomic mass is 10.0. The Morgan fingerprint density at radius 1 is 1.39 bits per heavy atom. The molecule has 7 heteroatoms. The number of nitrogens with one attached hydrogen (secondary N) is 1. The van der Waals surface area contributed by atoms with E-state index in [1.165, 1.54) is 18.3 Å². The molecule has 0 unspecified atom stereocenters. The van der Waals surface area contributed by atoms with Gasteiger partial charge in [-0.25, -0.2) is 4.98 Å². The lowest BCUT2D eigenvalue weighted by molar-refractivity contribution is -0.120. The molecule has 118 valence electrons. The van der Waals surface area contributed by atoms with Crippen LogP contribution in [0.2, 0.25) is 5.02 Å². The zero-order valence-electron chi connectivity index (χ0n) is 12.4. The minimum atomic E-state index is -0.908. The summed E-state index contributed by atoms with van der Waals surface area (Å²) in [5, 5.41) is 14.7. The zero-order chi connectivity index (χ0) is 16.8. The van der Waals surface area contributed by atoms with Gasteiger partial charge in [0.05, 0.1) is 11.8 Å². The van der Waals surface area contributed by atoms with Crippen LogP contribution >= 0.6 is 22.9 Å². The number of ketones is 1. The standard InChI is InChI=1S/C16H14ClN3O2S/c1-10(21)19-7-6-15(22)13(8-18)16-20-14(9-23-16)11-2-4-12(17)5-3-11/h2-5,9,13H,6-7H2,1H3,(H,19,21)/t13-/m0/s1. The van der Waals surface area contributed by atoms with E-state index in [0.29, 0.717) is 15.7 Å². The molecule has 2 aromatic rings. The third kappa shape index (κ3) is 4.62. The monoisotopic (exact) mass is 347 g/mol. The maximum absolute atomic E-state index is 12.1. The third-order valence-corrected chi connectivity index (χ3v) is 4.27. The van der Waals surface area contributed by atoms with Crippen molar-refractivity contribution in [2.24, 2.45) is 0 Å². The first kappa shape index (κ1) is 17.1. The highest BCUT2D eigenvalue weighted by molar-refractivity contribution is 7.10. The highest BCUT2D eigenvalue weighted by Crippen LogP contribution is 2.28. The molecule has 0 fully saturated rings. The summed E-state index contributed by atoms with van der Waals surface area (Å²) in [6.45, 7) is 1.60. The smallest absolute Gasteiger partial charge is 0.216 e. The van der Waals surface area contributed by atoms with Crippen LogP contribution in [0.25, 0.3) is 11.3 Å². The van der Waals surface area contributed by atoms with Gasteiger partial charge < -0.3 is 5.32 Å². The molecule has 5 nitrogen and oxygen atoms in total. The van der Waals surface area contributed by atoms with E-state index in [9.17, 15) is 14.9 Å². The van der Waals surface area contributed by atoms with Gasteiger partial charge in [-0.15, -0.1) is 11.3 Å². The van der Waals surface area contributed by atoms with E-state index in [1.807, 2.05) is 23.6 Å². The van der Waals surface area contributed by atoms with Crippen molar-refractivity contribution >= 4 is 34.6 Å². The molecule has 0 aliphatic rings. The Balaban J connectivity index is 2.10. The van der Waals surface area contributed by atoms with Crippen LogP contribution in [0.4, 0.5) is 0 Å². The molecule has 1 atom stereocenters. The average Bonchev–Trinajstić information content (AvgIpc) is 2.98. The number of Topliss-reactive ketones (excluding diaryl/α,β-unsaturated/α-hetero) is 1. The normalized spacial score (nSPS) is 11.5. The third-order valence-electron chi connectivity index (χ3n) is 3.11. The number of halogens is 1. The zero-order valence-corrected chi connectivity index (χ0v) is 13.9. The molecule has 0 bridgehead atoms. The Morgan fingerprint density at radius 2 is 2.09 bits per heavy atom. The second kappa shape index (κ2) is 7.86. The number of aromatic nitrogens is 1. The molecule has 2 rings (SSSR count). The summed E-state index contributed by atoms with van der Waals surface area (Å²) < 4.78 is 0. The van der Waals surface area contributed by atoms with Gasteiger partial charge in [-0.2, -0.15) is 5.26 Å². The summed E-state index contributed by atoms with van der Waals surface area (Å²) in [4.78, 5) is 27.3. The van der Waals surface area contributed by atoms with Crippen molar-refractivity contribution in [1.29, 1.82) is 5.26 Å². The Kier molecular flexibility index (Phi) is 5.85. The lowest BCUT2D eigenvalue weighted by Gasteiger charge is -2.05. The average molecular weight is 348 g/mol. The first-order valence-corrected chi connectivity index (χ1v) is 8.15. The molecule has 0 saturated carbocycles. The predicted octanol–water partition coefficient (Wildman–Crippen LogP) is 3.17. The summed E-state index contributed by atoms with van der Waals surface area (Å²) in [5.74, 6) is -1.36. The molecule has 1 heterocycles. The predicted molar refractivity (Wildman–Crippen MR) is 89.2 cm³/mol. The van der Waals surface area contributed by atoms with E-state index in [4.69, 9.17) is 11.6 Å². The molecule has 1 aromatic heterocycles. The van der Waals surface area contributed by atoms with Crippen LogP contribution in [0, 0.1) is 11.3 Å². The molecule has 0 aliphatic carbocycles. The molecule has 0 aliphatic heterocycles. The van der Waals surface area contributed by atoms with Gasteiger partial charge in [0.15, 0.2) is 11.7 Å². The quantitative estimate of drug-likeness (QED) is 0.870. The SMILES string of the molecule is CC(=O)NCCC(=O)[C@H](C#N)c1nc(-c2ccc(Cl)cc2)cs1. The summed E-state index contributed by atoms with van der Waals surface area (Å²) in [6, 6.07) is 9.18. The summed E-state index contributed by atoms with van der Waals surface area (Å²) in [7, 11) is 0. The molecule has 0 saturated heterocycles. The summed E-state index contributed by atoms with van der Waals surface area (Å²) >= 11 is 7.13. The van der Waals surface area contributed by atoms with Gasteiger partial charge in [0, 0.05) is 35.9 Å². The van der Waals surface area contributed by atoms with Crippen molar-refractivity contribution in [1.82, 2.24) is 10.3 Å². The van der Waals surface area contributed by atoms with Crippen LogP contribution in [-0.2, 0) is 9.59 Å². The molecule has 1 amide bonds. The number of nitrogens with zero attached hydrogens (tertiary/aromatic N) is 2. The minimum absolute atomic E-state index is 0.105. The van der Waals surface area contributed by atoms with Crippen molar-refractivity contribution in [2.75, 3.05) is 6.54 Å². The number of amides is 1. The van der Waals surface area contributed by atoms with Crippen LogP contribution in [0.15, 0.2) is 29.6 Å². The van der Waals surface area contributed by atoms with Crippen LogP contribution in [0.1, 0.15) is 24.3 Å². The topological polar surface area (TPSA) is 82.9 Å². The van der Waals surface area contributed by atoms with Crippen molar-refractivity contribution < 1.29 is 9.59 Å². The second-order valence-electron chi connectivity index (χ2n) is 4.84. The number of thiazole rings is 1. The number of rotatable bonds is 6. The van der Waals surface area contributed by atoms with Crippen LogP contribution < -0.4 is 5.32 Å². The molecule has 23 heavy (non-hydrogen) atoms. The highest BCUT2D eigenvalue weighted by Gasteiger charge is 2.23. The van der Waals surface area contributed by atoms with E-state index in [-0.39, 0.29) is 24.7 Å². The number of benzene rings is 1. The first-order chi connectivity index (χ1) is 11.0. The van der Waals surface area contributed by atoms with Crippen LogP contribution in [0.3, 0.4) is 0 Å². The fourth-order valence-corrected chi connectivity index (χ4v) is 2.96. The molecular weight excluding hydrogens is 334 g/mol. The number of carbonyl (C=O) groups excluding carboxylic acids is 2. The molecule has 0 spiro atoms. The minimum Gasteiger partial charge on any atom is -0.356 e. The fraction of sp³-hybridized carbons (Fsp3) is 0.250. The number of hydrogen-bond acceptors (Lipinski definition) is 5. The largest absolute Gasteiger partial charge is 0.356 e. The van der Waals surface area contributed by atoms with Gasteiger partial charge in [0.25, 0.3) is 0 Å². The van der Waals surface area contributed by atoms with Crippen molar-refractivity contribution in [3.63, 3.8) is 0 Å². The van der Waals surface area contributed by atoms with Crippen molar-refractivity contribution in [2.45, 2.75) is 19.3 Å². The van der Waals surface area contributed by atoms with E-state index >= 15 is 0 Å².